The molecule has 24 heavy (non-hydrogen) atoms. The van der Waals surface area contributed by atoms with Crippen molar-refractivity contribution in [1.82, 2.24) is 0 Å². The largest absolute Gasteiger partial charge is 0.488 e. The average molecular weight is 339 g/mol. The van der Waals surface area contributed by atoms with Crippen LogP contribution >= 0.6 is 0 Å². The minimum Gasteiger partial charge on any atom is -0.488 e. The Kier molecular flexibility index (Phi) is 7.23. The molecule has 0 aliphatic carbocycles. The Morgan fingerprint density at radius 3 is 2.50 bits per heavy atom. The third-order valence-corrected chi connectivity index (χ3v) is 3.05. The molecule has 0 heterocycles. The standard InChI is InChI=1S/C17H22FNO5/c1-6-11(4)15(16(20)22-5)24-17(21)19-12-7-8-13(18)14(9-12)23-10(2)3/h6-10,15H,1-5H3,(H,19,21). The van der Waals surface area contributed by atoms with Crippen molar-refractivity contribution in [2.45, 2.75) is 39.9 Å². The molecule has 1 rings (SSSR count). The molecule has 0 fully saturated rings. The van der Waals surface area contributed by atoms with Crippen molar-refractivity contribution in [1.29, 1.82) is 0 Å². The predicted molar refractivity (Wildman–Crippen MR) is 87.5 cm³/mol. The summed E-state index contributed by atoms with van der Waals surface area (Å²) in [4.78, 5) is 23.7. The van der Waals surface area contributed by atoms with Gasteiger partial charge in [0, 0.05) is 11.8 Å². The number of anilines is 1. The van der Waals surface area contributed by atoms with E-state index in [4.69, 9.17) is 9.47 Å². The molecule has 6 nitrogen and oxygen atoms in total. The van der Waals surface area contributed by atoms with Gasteiger partial charge in [-0.1, -0.05) is 6.08 Å². The number of carbonyl (C=O) groups is 2. The minimum absolute atomic E-state index is 0.0111. The fourth-order valence-corrected chi connectivity index (χ4v) is 1.77. The van der Waals surface area contributed by atoms with Gasteiger partial charge in [0.2, 0.25) is 6.10 Å². The number of hydrogen-bond donors (Lipinski definition) is 1. The van der Waals surface area contributed by atoms with Crippen molar-refractivity contribution in [2.24, 2.45) is 0 Å². The maximum atomic E-state index is 13.6. The van der Waals surface area contributed by atoms with E-state index in [1.165, 1.54) is 25.3 Å². The second-order valence-corrected chi connectivity index (χ2v) is 5.28. The first-order valence-electron chi connectivity index (χ1n) is 7.43. The first kappa shape index (κ1) is 19.5. The number of methoxy groups -OCH3 is 1. The van der Waals surface area contributed by atoms with Gasteiger partial charge in [-0.25, -0.2) is 14.0 Å². The van der Waals surface area contributed by atoms with Crippen LogP contribution in [0.1, 0.15) is 27.7 Å². The smallest absolute Gasteiger partial charge is 0.412 e. The van der Waals surface area contributed by atoms with Crippen molar-refractivity contribution in [3.63, 3.8) is 0 Å². The Morgan fingerprint density at radius 1 is 1.29 bits per heavy atom. The molecule has 0 bridgehead atoms. The number of nitrogens with one attached hydrogen (secondary N) is 1. The van der Waals surface area contributed by atoms with Gasteiger partial charge in [0.15, 0.2) is 11.6 Å². The van der Waals surface area contributed by atoms with Gasteiger partial charge in [-0.2, -0.15) is 0 Å². The van der Waals surface area contributed by atoms with E-state index < -0.39 is 24.0 Å². The number of ether oxygens (including phenoxy) is 3. The Bertz CT molecular complexity index is 627. The number of amides is 1. The fraction of sp³-hybridized carbons (Fsp3) is 0.412. The van der Waals surface area contributed by atoms with E-state index in [1.807, 2.05) is 0 Å². The van der Waals surface area contributed by atoms with Crippen molar-refractivity contribution >= 4 is 17.7 Å². The molecule has 1 amide bonds. The quantitative estimate of drug-likeness (QED) is 0.632. The molecular formula is C17H22FNO5. The molecule has 0 aliphatic rings. The molecule has 0 aromatic heterocycles. The van der Waals surface area contributed by atoms with Crippen molar-refractivity contribution in [2.75, 3.05) is 12.4 Å². The summed E-state index contributed by atoms with van der Waals surface area (Å²) in [7, 11) is 1.20. The lowest BCUT2D eigenvalue weighted by Gasteiger charge is -2.17. The minimum atomic E-state index is -1.15. The first-order valence-corrected chi connectivity index (χ1v) is 7.43. The monoisotopic (exact) mass is 339 g/mol. The number of esters is 1. The van der Waals surface area contributed by atoms with Crippen LogP contribution in [0.3, 0.4) is 0 Å². The van der Waals surface area contributed by atoms with Crippen LogP contribution in [0.5, 0.6) is 5.75 Å². The van der Waals surface area contributed by atoms with Gasteiger partial charge in [0.05, 0.1) is 13.2 Å². The summed E-state index contributed by atoms with van der Waals surface area (Å²) in [5.74, 6) is -1.22. The van der Waals surface area contributed by atoms with E-state index in [2.05, 4.69) is 10.1 Å². The summed E-state index contributed by atoms with van der Waals surface area (Å²) < 4.78 is 28.6. The highest BCUT2D eigenvalue weighted by molar-refractivity contribution is 5.88. The van der Waals surface area contributed by atoms with Crippen LogP contribution in [0, 0.1) is 5.82 Å². The molecular weight excluding hydrogens is 317 g/mol. The van der Waals surface area contributed by atoms with Crippen molar-refractivity contribution in [3.05, 3.63) is 35.7 Å². The molecule has 0 saturated heterocycles. The Balaban J connectivity index is 2.85. The van der Waals surface area contributed by atoms with E-state index in [0.717, 1.165) is 0 Å². The highest BCUT2D eigenvalue weighted by Crippen LogP contribution is 2.23. The highest BCUT2D eigenvalue weighted by atomic mass is 19.1. The molecule has 0 spiro atoms. The van der Waals surface area contributed by atoms with Gasteiger partial charge in [-0.15, -0.1) is 0 Å². The van der Waals surface area contributed by atoms with Crippen molar-refractivity contribution in [3.8, 4) is 5.75 Å². The number of hydrogen-bond acceptors (Lipinski definition) is 5. The molecule has 7 heteroatoms. The lowest BCUT2D eigenvalue weighted by Crippen LogP contribution is -2.31. The molecule has 1 N–H and O–H groups in total. The summed E-state index contributed by atoms with van der Waals surface area (Å²) >= 11 is 0. The Labute approximate surface area is 140 Å². The lowest BCUT2D eigenvalue weighted by molar-refractivity contribution is -0.148. The second-order valence-electron chi connectivity index (χ2n) is 5.28. The van der Waals surface area contributed by atoms with Crippen LogP contribution in [0.15, 0.2) is 29.8 Å². The van der Waals surface area contributed by atoms with Gasteiger partial charge >= 0.3 is 12.1 Å². The maximum Gasteiger partial charge on any atom is 0.412 e. The van der Waals surface area contributed by atoms with Crippen LogP contribution < -0.4 is 10.1 Å². The first-order chi connectivity index (χ1) is 11.3. The second kappa shape index (κ2) is 8.90. The van der Waals surface area contributed by atoms with E-state index >= 15 is 0 Å². The molecule has 0 aliphatic heterocycles. The number of halogens is 1. The molecule has 1 aromatic carbocycles. The van der Waals surface area contributed by atoms with Gasteiger partial charge in [0.1, 0.15) is 0 Å². The van der Waals surface area contributed by atoms with E-state index in [9.17, 15) is 14.0 Å². The molecule has 0 saturated carbocycles. The van der Waals surface area contributed by atoms with Gasteiger partial charge in [-0.05, 0) is 45.4 Å². The van der Waals surface area contributed by atoms with E-state index in [1.54, 1.807) is 33.8 Å². The summed E-state index contributed by atoms with van der Waals surface area (Å²) in [6.07, 6.45) is -0.593. The van der Waals surface area contributed by atoms with Crippen LogP contribution in [-0.2, 0) is 14.3 Å². The molecule has 1 aromatic rings. The summed E-state index contributed by atoms with van der Waals surface area (Å²) in [5, 5.41) is 2.43. The summed E-state index contributed by atoms with van der Waals surface area (Å²) in [6, 6.07) is 3.87. The lowest BCUT2D eigenvalue weighted by atomic mass is 10.1. The van der Waals surface area contributed by atoms with Gasteiger partial charge in [0.25, 0.3) is 0 Å². The molecule has 132 valence electrons. The summed E-state index contributed by atoms with van der Waals surface area (Å²) in [6.45, 7) is 6.87. The zero-order chi connectivity index (χ0) is 18.3. The maximum absolute atomic E-state index is 13.6. The number of rotatable bonds is 6. The van der Waals surface area contributed by atoms with Crippen LogP contribution in [-0.4, -0.2) is 31.4 Å². The van der Waals surface area contributed by atoms with Crippen molar-refractivity contribution < 1.29 is 28.2 Å². The summed E-state index contributed by atoms with van der Waals surface area (Å²) in [5.41, 5.74) is 0.804. The van der Waals surface area contributed by atoms with Crippen LogP contribution in [0.2, 0.25) is 0 Å². The van der Waals surface area contributed by atoms with E-state index in [0.29, 0.717) is 5.57 Å². The molecule has 1 atom stereocenters. The van der Waals surface area contributed by atoms with Crippen LogP contribution in [0.25, 0.3) is 0 Å². The zero-order valence-electron chi connectivity index (χ0n) is 14.4. The van der Waals surface area contributed by atoms with E-state index in [-0.39, 0.29) is 17.5 Å². The van der Waals surface area contributed by atoms with Gasteiger partial charge in [-0.3, -0.25) is 5.32 Å². The fourth-order valence-electron chi connectivity index (χ4n) is 1.77. The topological polar surface area (TPSA) is 73.9 Å². The zero-order valence-corrected chi connectivity index (χ0v) is 14.4. The average Bonchev–Trinajstić information content (AvgIpc) is 2.53. The number of carbonyl (C=O) groups excluding carboxylic acids is 2. The highest BCUT2D eigenvalue weighted by Gasteiger charge is 2.25. The normalized spacial score (nSPS) is 12.5. The number of benzene rings is 1. The van der Waals surface area contributed by atoms with Crippen LogP contribution in [0.4, 0.5) is 14.9 Å². The predicted octanol–water partition coefficient (Wildman–Crippen LogP) is 3.67. The molecule has 1 unspecified atom stereocenters. The number of allylic oxidation sites excluding steroid dienone is 1. The Morgan fingerprint density at radius 2 is 1.96 bits per heavy atom. The molecule has 0 radical (unpaired) electrons. The third-order valence-electron chi connectivity index (χ3n) is 3.05. The SMILES string of the molecule is CC=C(C)C(OC(=O)Nc1ccc(F)c(OC(C)C)c1)C(=O)OC. The Hall–Kier alpha value is -2.57. The third kappa shape index (κ3) is 5.57. The van der Waals surface area contributed by atoms with Gasteiger partial charge < -0.3 is 14.2 Å².